The molecule has 1 N–H and O–H groups in total. The third-order valence-corrected chi connectivity index (χ3v) is 9.34. The minimum Gasteiger partial charge on any atom is -0.489 e. The third-order valence-electron chi connectivity index (χ3n) is 6.99. The van der Waals surface area contributed by atoms with Crippen LogP contribution in [-0.2, 0) is 28.7 Å². The second kappa shape index (κ2) is 19.4. The van der Waals surface area contributed by atoms with Crippen molar-refractivity contribution in [3.05, 3.63) is 23.7 Å². The maximum Gasteiger partial charge on any atom is 0.341 e. The first-order valence-electron chi connectivity index (χ1n) is 14.8. The van der Waals surface area contributed by atoms with E-state index in [1.54, 1.807) is 6.08 Å². The fourth-order valence-electron chi connectivity index (χ4n) is 4.66. The molecular formula is C31H50O7S2. The number of unbranched alkanes of at least 4 members (excludes halogenated alkanes) is 10. The number of thioether (sulfide) groups is 2. The number of carbonyl (C=O) groups excluding carboxylic acids is 3. The molecule has 9 heteroatoms. The molecule has 7 nitrogen and oxygen atoms in total. The van der Waals surface area contributed by atoms with Crippen molar-refractivity contribution in [3.8, 4) is 0 Å². The monoisotopic (exact) mass is 598 g/mol. The van der Waals surface area contributed by atoms with Crippen molar-refractivity contribution < 1.29 is 33.8 Å². The van der Waals surface area contributed by atoms with Gasteiger partial charge in [-0.25, -0.2) is 4.79 Å². The number of carboxylic acids is 1. The van der Waals surface area contributed by atoms with E-state index in [9.17, 15) is 19.2 Å². The van der Waals surface area contributed by atoms with E-state index < -0.39 is 10.7 Å². The van der Waals surface area contributed by atoms with Gasteiger partial charge in [-0.15, -0.1) is 0 Å². The van der Waals surface area contributed by atoms with Gasteiger partial charge >= 0.3 is 5.97 Å². The van der Waals surface area contributed by atoms with E-state index in [0.29, 0.717) is 11.5 Å². The van der Waals surface area contributed by atoms with Crippen molar-refractivity contribution in [2.75, 3.05) is 13.2 Å². The van der Waals surface area contributed by atoms with Gasteiger partial charge in [-0.2, -0.15) is 0 Å². The van der Waals surface area contributed by atoms with Gasteiger partial charge in [0.05, 0.1) is 9.49 Å². The molecule has 0 bridgehead atoms. The number of ketones is 1. The van der Waals surface area contributed by atoms with Gasteiger partial charge in [-0.1, -0.05) is 114 Å². The van der Waals surface area contributed by atoms with Gasteiger partial charge in [0.25, 0.3) is 0 Å². The van der Waals surface area contributed by atoms with Gasteiger partial charge in [0.1, 0.15) is 18.1 Å². The smallest absolute Gasteiger partial charge is 0.341 e. The maximum atomic E-state index is 11.6. The topological polar surface area (TPSA) is 107 Å². The van der Waals surface area contributed by atoms with Crippen LogP contribution in [0.25, 0.3) is 0 Å². The molecule has 2 rings (SSSR count). The molecule has 2 atom stereocenters. The van der Waals surface area contributed by atoms with E-state index in [-0.39, 0.29) is 34.0 Å². The van der Waals surface area contributed by atoms with Crippen molar-refractivity contribution in [1.29, 1.82) is 0 Å². The Morgan fingerprint density at radius 2 is 1.07 bits per heavy atom. The van der Waals surface area contributed by atoms with Crippen molar-refractivity contribution in [1.82, 2.24) is 0 Å². The summed E-state index contributed by atoms with van der Waals surface area (Å²) >= 11 is 2.57. The predicted octanol–water partition coefficient (Wildman–Crippen LogP) is 8.01. The molecule has 0 aromatic carbocycles. The SMILES string of the molecule is CCCCCCCCC1(C)SC(=O)C=C1OCC(=O)O.CCCCCCCCC1(C)SC(=O)C=C1OCC(C)=O. The quantitative estimate of drug-likeness (QED) is 0.139. The summed E-state index contributed by atoms with van der Waals surface area (Å²) in [5, 5.41) is 8.66. The summed E-state index contributed by atoms with van der Waals surface area (Å²) in [6.07, 6.45) is 19.3. The van der Waals surface area contributed by atoms with Crippen LogP contribution in [0.4, 0.5) is 0 Å². The largest absolute Gasteiger partial charge is 0.489 e. The van der Waals surface area contributed by atoms with E-state index in [0.717, 1.165) is 32.1 Å². The molecule has 0 saturated heterocycles. The minimum absolute atomic E-state index is 0.0165. The minimum atomic E-state index is -1.02. The number of aliphatic carboxylic acids is 1. The highest BCUT2D eigenvalue weighted by Crippen LogP contribution is 2.45. The highest BCUT2D eigenvalue weighted by molar-refractivity contribution is 8.16. The van der Waals surface area contributed by atoms with Crippen LogP contribution in [-0.4, -0.2) is 49.8 Å². The standard InChI is InChI=1S/C16H26O3S.C15H24O4S/c1-4-5-6-7-8-9-10-16(3)14(11-15(18)20-16)19-12-13(2)17;1-3-4-5-6-7-8-9-15(2)12(10-14(18)20-15)19-11-13(16)17/h11H,4-10,12H2,1-3H3;10H,3-9,11H2,1-2H3,(H,16,17). The van der Waals surface area contributed by atoms with Crippen LogP contribution >= 0.6 is 23.5 Å². The van der Waals surface area contributed by atoms with Gasteiger partial charge in [-0.3, -0.25) is 14.4 Å². The Bertz CT molecular complexity index is 826. The van der Waals surface area contributed by atoms with Gasteiger partial charge in [-0.05, 0) is 33.6 Å². The molecule has 2 aliphatic heterocycles. The predicted molar refractivity (Wildman–Crippen MR) is 164 cm³/mol. The first-order chi connectivity index (χ1) is 19.0. The average Bonchev–Trinajstić information content (AvgIpc) is 3.34. The van der Waals surface area contributed by atoms with Crippen LogP contribution < -0.4 is 0 Å². The molecule has 0 aromatic heterocycles. The van der Waals surface area contributed by atoms with E-state index >= 15 is 0 Å². The molecule has 228 valence electrons. The summed E-state index contributed by atoms with van der Waals surface area (Å²) in [5.41, 5.74) is 0. The molecule has 0 aliphatic carbocycles. The zero-order valence-corrected chi connectivity index (χ0v) is 26.8. The van der Waals surface area contributed by atoms with E-state index in [1.165, 1.54) is 94.3 Å². The maximum absolute atomic E-state index is 11.6. The first-order valence-corrected chi connectivity index (χ1v) is 16.5. The van der Waals surface area contributed by atoms with Crippen LogP contribution in [0, 0.1) is 0 Å². The Hall–Kier alpha value is -1.74. The van der Waals surface area contributed by atoms with Crippen LogP contribution in [0.15, 0.2) is 23.7 Å². The molecule has 0 aromatic rings. The summed E-state index contributed by atoms with van der Waals surface area (Å²) in [5.74, 6) is 0.161. The lowest BCUT2D eigenvalue weighted by Gasteiger charge is -2.25. The lowest BCUT2D eigenvalue weighted by atomic mass is 9.99. The Labute approximate surface area is 249 Å². The Morgan fingerprint density at radius 3 is 1.45 bits per heavy atom. The lowest BCUT2D eigenvalue weighted by molar-refractivity contribution is -0.141. The van der Waals surface area contributed by atoms with E-state index in [1.807, 2.05) is 13.8 Å². The van der Waals surface area contributed by atoms with Crippen molar-refractivity contribution >= 4 is 45.5 Å². The molecule has 2 aliphatic rings. The molecule has 0 spiro atoms. The number of hydrogen-bond donors (Lipinski definition) is 1. The molecule has 2 heterocycles. The van der Waals surface area contributed by atoms with Crippen molar-refractivity contribution in [3.63, 3.8) is 0 Å². The lowest BCUT2D eigenvalue weighted by Crippen LogP contribution is -2.23. The van der Waals surface area contributed by atoms with Crippen LogP contribution in [0.1, 0.15) is 125 Å². The molecule has 40 heavy (non-hydrogen) atoms. The van der Waals surface area contributed by atoms with Crippen molar-refractivity contribution in [2.45, 2.75) is 134 Å². The second-order valence-corrected chi connectivity index (χ2v) is 14.0. The zero-order valence-electron chi connectivity index (χ0n) is 25.2. The molecular weight excluding hydrogens is 548 g/mol. The highest BCUT2D eigenvalue weighted by Gasteiger charge is 2.40. The van der Waals surface area contributed by atoms with Crippen molar-refractivity contribution in [2.24, 2.45) is 0 Å². The van der Waals surface area contributed by atoms with E-state index in [2.05, 4.69) is 13.8 Å². The molecule has 0 saturated carbocycles. The summed E-state index contributed by atoms with van der Waals surface area (Å²) in [4.78, 5) is 44.7. The molecule has 0 amide bonds. The number of Topliss-reactive ketones (excluding diaryl/α,β-unsaturated/α-hetero) is 1. The second-order valence-electron chi connectivity index (χ2n) is 11.0. The zero-order chi connectivity index (χ0) is 30.0. The Morgan fingerprint density at radius 1 is 0.700 bits per heavy atom. The highest BCUT2D eigenvalue weighted by atomic mass is 32.2. The Balaban J connectivity index is 0.000000400. The van der Waals surface area contributed by atoms with Gasteiger partial charge < -0.3 is 14.6 Å². The molecule has 0 radical (unpaired) electrons. The summed E-state index contributed by atoms with van der Waals surface area (Å²) in [6.45, 7) is 9.58. The number of ether oxygens (including phenoxy) is 2. The number of hydrogen-bond acceptors (Lipinski definition) is 8. The molecule has 0 fully saturated rings. The normalized spacial score (nSPS) is 21.9. The summed E-state index contributed by atoms with van der Waals surface area (Å²) in [7, 11) is 0. The van der Waals surface area contributed by atoms with Gasteiger partial charge in [0, 0.05) is 12.2 Å². The first kappa shape index (κ1) is 36.3. The van der Waals surface area contributed by atoms with Crippen LogP contribution in [0.3, 0.4) is 0 Å². The number of rotatable bonds is 20. The van der Waals surface area contributed by atoms with Crippen LogP contribution in [0.5, 0.6) is 0 Å². The molecule has 2 unspecified atom stereocenters. The van der Waals surface area contributed by atoms with Gasteiger partial charge in [0.2, 0.25) is 10.2 Å². The fourth-order valence-corrected chi connectivity index (χ4v) is 6.81. The number of carboxylic acid groups (broad SMARTS) is 1. The average molecular weight is 599 g/mol. The fraction of sp³-hybridized carbons (Fsp3) is 0.742. The summed E-state index contributed by atoms with van der Waals surface area (Å²) in [6, 6.07) is 0. The third kappa shape index (κ3) is 14.2. The van der Waals surface area contributed by atoms with Gasteiger partial charge in [0.15, 0.2) is 12.4 Å². The Kier molecular flexibility index (Phi) is 17.6. The van der Waals surface area contributed by atoms with Crippen LogP contribution in [0.2, 0.25) is 0 Å². The number of carbonyl (C=O) groups is 4. The summed E-state index contributed by atoms with van der Waals surface area (Å²) < 4.78 is 10.1. The van der Waals surface area contributed by atoms with E-state index in [4.69, 9.17) is 14.6 Å².